The standard InChI is InChI=1S/C20H28N2O/c1-19(2,3)14-10-13(11-15(18(14)23)20(4,5)6)16-12-22-9-7-8-17(22)21-16/h10-12,23H,7-9H2,1-6H3. The Balaban J connectivity index is 2.20. The fourth-order valence-corrected chi connectivity index (χ4v) is 3.32. The van der Waals surface area contributed by atoms with Crippen LogP contribution in [0.2, 0.25) is 0 Å². The molecule has 3 heteroatoms. The Labute approximate surface area is 139 Å². The van der Waals surface area contributed by atoms with E-state index in [1.807, 2.05) is 0 Å². The molecule has 2 heterocycles. The molecule has 0 saturated heterocycles. The molecule has 1 aliphatic rings. The summed E-state index contributed by atoms with van der Waals surface area (Å²) < 4.78 is 2.26. The van der Waals surface area contributed by atoms with Gasteiger partial charge in [-0.15, -0.1) is 0 Å². The van der Waals surface area contributed by atoms with Crippen LogP contribution < -0.4 is 0 Å². The number of aryl methyl sites for hydroxylation is 2. The van der Waals surface area contributed by atoms with Crippen molar-refractivity contribution in [3.63, 3.8) is 0 Å². The number of nitrogens with zero attached hydrogens (tertiary/aromatic N) is 2. The molecule has 3 nitrogen and oxygen atoms in total. The fraction of sp³-hybridized carbons (Fsp3) is 0.550. The van der Waals surface area contributed by atoms with Crippen molar-refractivity contribution >= 4 is 0 Å². The Morgan fingerprint density at radius 3 is 2.04 bits per heavy atom. The minimum Gasteiger partial charge on any atom is -0.507 e. The molecule has 0 aliphatic carbocycles. The molecule has 1 N–H and O–H groups in total. The van der Waals surface area contributed by atoms with Gasteiger partial charge in [0.25, 0.3) is 0 Å². The maximum Gasteiger partial charge on any atom is 0.123 e. The average molecular weight is 312 g/mol. The number of aromatic hydroxyl groups is 1. The highest BCUT2D eigenvalue weighted by molar-refractivity contribution is 5.66. The molecule has 0 atom stereocenters. The molecule has 0 fully saturated rings. The molecule has 0 bridgehead atoms. The van der Waals surface area contributed by atoms with Crippen LogP contribution in [0.15, 0.2) is 18.3 Å². The molecular weight excluding hydrogens is 284 g/mol. The summed E-state index contributed by atoms with van der Waals surface area (Å²) in [6.07, 6.45) is 4.42. The summed E-state index contributed by atoms with van der Waals surface area (Å²) >= 11 is 0. The number of hydrogen-bond acceptors (Lipinski definition) is 2. The summed E-state index contributed by atoms with van der Waals surface area (Å²) in [6.45, 7) is 13.9. The summed E-state index contributed by atoms with van der Waals surface area (Å²) in [4.78, 5) is 4.82. The van der Waals surface area contributed by atoms with Crippen LogP contribution in [-0.4, -0.2) is 14.7 Å². The molecule has 0 unspecified atom stereocenters. The molecular formula is C20H28N2O. The molecule has 0 spiro atoms. The number of aromatic nitrogens is 2. The van der Waals surface area contributed by atoms with Crippen molar-refractivity contribution in [2.75, 3.05) is 0 Å². The first-order valence-electron chi connectivity index (χ1n) is 8.52. The quantitative estimate of drug-likeness (QED) is 0.821. The molecule has 0 saturated carbocycles. The van der Waals surface area contributed by atoms with Gasteiger partial charge in [0.1, 0.15) is 11.6 Å². The van der Waals surface area contributed by atoms with Crippen molar-refractivity contribution in [2.24, 2.45) is 0 Å². The third-order valence-corrected chi connectivity index (χ3v) is 4.68. The van der Waals surface area contributed by atoms with Gasteiger partial charge in [0.15, 0.2) is 0 Å². The first-order chi connectivity index (χ1) is 10.6. The molecule has 1 aliphatic heterocycles. The second kappa shape index (κ2) is 5.12. The second-order valence-corrected chi connectivity index (χ2v) is 8.76. The maximum absolute atomic E-state index is 10.8. The van der Waals surface area contributed by atoms with Crippen LogP contribution in [-0.2, 0) is 23.8 Å². The van der Waals surface area contributed by atoms with Crippen molar-refractivity contribution in [1.29, 1.82) is 0 Å². The van der Waals surface area contributed by atoms with Crippen LogP contribution in [0.1, 0.15) is 64.9 Å². The Morgan fingerprint density at radius 1 is 1.00 bits per heavy atom. The Morgan fingerprint density at radius 2 is 1.57 bits per heavy atom. The van der Waals surface area contributed by atoms with Crippen molar-refractivity contribution < 1.29 is 5.11 Å². The molecule has 0 radical (unpaired) electrons. The van der Waals surface area contributed by atoms with Crippen molar-refractivity contribution in [3.05, 3.63) is 35.3 Å². The SMILES string of the molecule is CC(C)(C)c1cc(-c2cn3c(n2)CCC3)cc(C(C)(C)C)c1O. The van der Waals surface area contributed by atoms with Gasteiger partial charge in [0, 0.05) is 35.9 Å². The highest BCUT2D eigenvalue weighted by Gasteiger charge is 2.27. The van der Waals surface area contributed by atoms with E-state index in [4.69, 9.17) is 4.98 Å². The first-order valence-corrected chi connectivity index (χ1v) is 8.52. The number of hydrogen-bond donors (Lipinski definition) is 1. The molecule has 3 rings (SSSR count). The smallest absolute Gasteiger partial charge is 0.123 e. The van der Waals surface area contributed by atoms with Gasteiger partial charge in [-0.2, -0.15) is 0 Å². The van der Waals surface area contributed by atoms with E-state index in [2.05, 4.69) is 64.4 Å². The van der Waals surface area contributed by atoms with Crippen LogP contribution in [0.4, 0.5) is 0 Å². The highest BCUT2D eigenvalue weighted by Crippen LogP contribution is 2.41. The van der Waals surface area contributed by atoms with E-state index in [0.717, 1.165) is 35.3 Å². The Hall–Kier alpha value is -1.77. The third kappa shape index (κ3) is 2.89. The summed E-state index contributed by atoms with van der Waals surface area (Å²) in [5.74, 6) is 1.61. The van der Waals surface area contributed by atoms with Crippen molar-refractivity contribution in [2.45, 2.75) is 71.8 Å². The molecule has 2 aromatic rings. The van der Waals surface area contributed by atoms with E-state index in [9.17, 15) is 5.11 Å². The number of phenols is 1. The van der Waals surface area contributed by atoms with E-state index in [1.165, 1.54) is 12.2 Å². The van der Waals surface area contributed by atoms with Gasteiger partial charge in [0.05, 0.1) is 5.69 Å². The van der Waals surface area contributed by atoms with Crippen LogP contribution in [0.3, 0.4) is 0 Å². The molecule has 23 heavy (non-hydrogen) atoms. The molecule has 0 amide bonds. The van der Waals surface area contributed by atoms with Crippen molar-refractivity contribution in [3.8, 4) is 17.0 Å². The van der Waals surface area contributed by atoms with Gasteiger partial charge in [-0.1, -0.05) is 41.5 Å². The Kier molecular flexibility index (Phi) is 3.58. The summed E-state index contributed by atoms with van der Waals surface area (Å²) in [6, 6.07) is 4.23. The Bertz CT molecular complexity index is 685. The van der Waals surface area contributed by atoms with E-state index in [1.54, 1.807) is 0 Å². The summed E-state index contributed by atoms with van der Waals surface area (Å²) in [5, 5.41) is 10.8. The zero-order valence-corrected chi connectivity index (χ0v) is 15.2. The van der Waals surface area contributed by atoms with Crippen LogP contribution in [0.25, 0.3) is 11.3 Å². The van der Waals surface area contributed by atoms with Gasteiger partial charge in [-0.05, 0) is 29.4 Å². The topological polar surface area (TPSA) is 38.0 Å². The monoisotopic (exact) mass is 312 g/mol. The molecule has 1 aromatic carbocycles. The lowest BCUT2D eigenvalue weighted by molar-refractivity contribution is 0.423. The van der Waals surface area contributed by atoms with E-state index < -0.39 is 0 Å². The predicted molar refractivity (Wildman–Crippen MR) is 95.0 cm³/mol. The number of benzene rings is 1. The van der Waals surface area contributed by atoms with Gasteiger partial charge < -0.3 is 9.67 Å². The van der Waals surface area contributed by atoms with Gasteiger partial charge in [-0.25, -0.2) is 4.98 Å². The number of fused-ring (bicyclic) bond motifs is 1. The first kappa shape index (κ1) is 16.1. The zero-order chi connectivity index (χ0) is 17.0. The lowest BCUT2D eigenvalue weighted by Crippen LogP contribution is -2.17. The maximum atomic E-state index is 10.8. The average Bonchev–Trinajstić information content (AvgIpc) is 2.96. The summed E-state index contributed by atoms with van der Waals surface area (Å²) in [5.41, 5.74) is 3.90. The van der Waals surface area contributed by atoms with Crippen LogP contribution >= 0.6 is 0 Å². The van der Waals surface area contributed by atoms with Gasteiger partial charge >= 0.3 is 0 Å². The normalized spacial score (nSPS) is 15.0. The minimum absolute atomic E-state index is 0.109. The predicted octanol–water partition coefficient (Wildman–Crippen LogP) is 4.80. The summed E-state index contributed by atoms with van der Waals surface area (Å²) in [7, 11) is 0. The lowest BCUT2D eigenvalue weighted by atomic mass is 9.78. The van der Waals surface area contributed by atoms with Gasteiger partial charge in [-0.3, -0.25) is 0 Å². The van der Waals surface area contributed by atoms with E-state index >= 15 is 0 Å². The van der Waals surface area contributed by atoms with E-state index in [-0.39, 0.29) is 10.8 Å². The second-order valence-electron chi connectivity index (χ2n) is 8.76. The van der Waals surface area contributed by atoms with Crippen LogP contribution in [0, 0.1) is 0 Å². The van der Waals surface area contributed by atoms with Gasteiger partial charge in [0.2, 0.25) is 0 Å². The lowest BCUT2D eigenvalue weighted by Gasteiger charge is -2.28. The molecule has 1 aromatic heterocycles. The third-order valence-electron chi connectivity index (χ3n) is 4.68. The number of rotatable bonds is 1. The number of imidazole rings is 1. The minimum atomic E-state index is -0.109. The largest absolute Gasteiger partial charge is 0.507 e. The highest BCUT2D eigenvalue weighted by atomic mass is 16.3. The van der Waals surface area contributed by atoms with E-state index in [0.29, 0.717) is 5.75 Å². The zero-order valence-electron chi connectivity index (χ0n) is 15.2. The van der Waals surface area contributed by atoms with Crippen molar-refractivity contribution in [1.82, 2.24) is 9.55 Å². The van der Waals surface area contributed by atoms with Crippen LogP contribution in [0.5, 0.6) is 5.75 Å². The fourth-order valence-electron chi connectivity index (χ4n) is 3.32. The number of phenolic OH excluding ortho intramolecular Hbond substituents is 1. The molecule has 124 valence electrons.